The lowest BCUT2D eigenvalue weighted by Crippen LogP contribution is -2.40. The zero-order valence-corrected chi connectivity index (χ0v) is 14.3. The van der Waals surface area contributed by atoms with E-state index in [1.807, 2.05) is 0 Å². The topological polar surface area (TPSA) is 113 Å². The molecule has 3 fully saturated rings. The first-order chi connectivity index (χ1) is 12.4. The Bertz CT molecular complexity index is 781. The summed E-state index contributed by atoms with van der Waals surface area (Å²) in [7, 11) is 0. The summed E-state index contributed by atoms with van der Waals surface area (Å²) in [6, 6.07) is 4.86. The number of carbonyl (C=O) groups is 2. The number of nitro groups is 1. The molecule has 1 spiro atoms. The molecule has 1 unspecified atom stereocenters. The number of piperidine rings is 1. The van der Waals surface area contributed by atoms with Crippen LogP contribution in [0.1, 0.15) is 42.5 Å². The molecular formula is C18H21N3O5. The molecule has 1 aromatic carbocycles. The number of rotatable bonds is 5. The Morgan fingerprint density at radius 2 is 1.96 bits per heavy atom. The molecular weight excluding hydrogens is 338 g/mol. The van der Waals surface area contributed by atoms with E-state index >= 15 is 0 Å². The molecule has 1 aliphatic heterocycles. The second-order valence-corrected chi connectivity index (χ2v) is 7.66. The van der Waals surface area contributed by atoms with Crippen LogP contribution < -0.4 is 5.32 Å². The molecule has 8 heteroatoms. The summed E-state index contributed by atoms with van der Waals surface area (Å²) >= 11 is 0. The minimum Gasteiger partial charge on any atom is -0.481 e. The van der Waals surface area contributed by atoms with Gasteiger partial charge in [-0.1, -0.05) is 0 Å². The van der Waals surface area contributed by atoms with Gasteiger partial charge in [-0.15, -0.1) is 0 Å². The summed E-state index contributed by atoms with van der Waals surface area (Å²) in [5.74, 6) is -1.26. The van der Waals surface area contributed by atoms with Crippen LogP contribution >= 0.6 is 0 Å². The van der Waals surface area contributed by atoms with Crippen LogP contribution in [0.25, 0.3) is 0 Å². The maximum Gasteiger partial charge on any atom is 0.307 e. The Morgan fingerprint density at radius 1 is 1.27 bits per heavy atom. The molecule has 4 rings (SSSR count). The van der Waals surface area contributed by atoms with Crippen molar-refractivity contribution in [2.45, 2.75) is 38.1 Å². The fraction of sp³-hybridized carbons (Fsp3) is 0.556. The number of carboxylic acids is 1. The van der Waals surface area contributed by atoms with Gasteiger partial charge in [-0.25, -0.2) is 0 Å². The third-order valence-corrected chi connectivity index (χ3v) is 5.91. The standard InChI is InChI=1S/C18H21N3O5/c22-16(20-7-5-18(6-8-20)10-13(18)17(23)24)11-1-4-14(19-12-2-3-12)15(9-11)21(25)26/h1,4,9,12-13,19H,2-3,5-8,10H2,(H,23,24). The lowest BCUT2D eigenvalue weighted by molar-refractivity contribution is -0.384. The van der Waals surface area contributed by atoms with Crippen LogP contribution in [0.5, 0.6) is 0 Å². The number of nitrogens with one attached hydrogen (secondary N) is 1. The van der Waals surface area contributed by atoms with Crippen molar-refractivity contribution in [1.29, 1.82) is 0 Å². The number of carbonyl (C=O) groups excluding carboxylic acids is 1. The number of nitro benzene ring substituents is 1. The zero-order valence-electron chi connectivity index (χ0n) is 14.3. The lowest BCUT2D eigenvalue weighted by Gasteiger charge is -2.32. The van der Waals surface area contributed by atoms with E-state index in [-0.39, 0.29) is 29.0 Å². The van der Waals surface area contributed by atoms with Crippen molar-refractivity contribution in [3.63, 3.8) is 0 Å². The van der Waals surface area contributed by atoms with E-state index in [1.54, 1.807) is 17.0 Å². The van der Waals surface area contributed by atoms with E-state index in [4.69, 9.17) is 5.11 Å². The van der Waals surface area contributed by atoms with E-state index in [0.717, 1.165) is 12.8 Å². The van der Waals surface area contributed by atoms with Crippen molar-refractivity contribution in [2.24, 2.45) is 11.3 Å². The normalized spacial score (nSPS) is 23.5. The van der Waals surface area contributed by atoms with Gasteiger partial charge in [0.15, 0.2) is 0 Å². The Hall–Kier alpha value is -2.64. The van der Waals surface area contributed by atoms with E-state index in [1.165, 1.54) is 6.07 Å². The van der Waals surface area contributed by atoms with Crippen molar-refractivity contribution in [2.75, 3.05) is 18.4 Å². The van der Waals surface area contributed by atoms with Crippen LogP contribution in [-0.2, 0) is 4.79 Å². The van der Waals surface area contributed by atoms with Gasteiger partial charge >= 0.3 is 5.97 Å². The largest absolute Gasteiger partial charge is 0.481 e. The minimum absolute atomic E-state index is 0.0793. The molecule has 1 amide bonds. The van der Waals surface area contributed by atoms with Crippen LogP contribution in [0.2, 0.25) is 0 Å². The molecule has 26 heavy (non-hydrogen) atoms. The van der Waals surface area contributed by atoms with Crippen LogP contribution in [0.15, 0.2) is 18.2 Å². The number of aliphatic carboxylic acids is 1. The van der Waals surface area contributed by atoms with E-state index in [0.29, 0.717) is 43.6 Å². The van der Waals surface area contributed by atoms with E-state index < -0.39 is 10.9 Å². The van der Waals surface area contributed by atoms with Gasteiger partial charge in [-0.05, 0) is 49.7 Å². The van der Waals surface area contributed by atoms with Gasteiger partial charge in [0.05, 0.1) is 10.8 Å². The second-order valence-electron chi connectivity index (χ2n) is 7.66. The number of hydrogen-bond acceptors (Lipinski definition) is 5. The molecule has 138 valence electrons. The first-order valence-corrected chi connectivity index (χ1v) is 8.97. The maximum absolute atomic E-state index is 12.7. The van der Waals surface area contributed by atoms with Crippen molar-refractivity contribution >= 4 is 23.3 Å². The fourth-order valence-electron chi connectivity index (χ4n) is 3.97. The number of likely N-dealkylation sites (tertiary alicyclic amines) is 1. The fourth-order valence-corrected chi connectivity index (χ4v) is 3.97. The van der Waals surface area contributed by atoms with E-state index in [2.05, 4.69) is 5.32 Å². The predicted octanol–water partition coefficient (Wildman–Crippen LogP) is 2.50. The van der Waals surface area contributed by atoms with E-state index in [9.17, 15) is 19.7 Å². The first-order valence-electron chi connectivity index (χ1n) is 8.97. The van der Waals surface area contributed by atoms with Gasteiger partial charge in [0, 0.05) is 30.8 Å². The predicted molar refractivity (Wildman–Crippen MR) is 93.1 cm³/mol. The van der Waals surface area contributed by atoms with Crippen molar-refractivity contribution in [1.82, 2.24) is 4.90 Å². The van der Waals surface area contributed by atoms with Gasteiger partial charge in [0.1, 0.15) is 5.69 Å². The highest BCUT2D eigenvalue weighted by Crippen LogP contribution is 2.59. The molecule has 0 bridgehead atoms. The van der Waals surface area contributed by atoms with Gasteiger partial charge in [-0.2, -0.15) is 0 Å². The lowest BCUT2D eigenvalue weighted by atomic mass is 9.90. The van der Waals surface area contributed by atoms with Crippen molar-refractivity contribution in [3.8, 4) is 0 Å². The number of amides is 1. The average molecular weight is 359 g/mol. The number of carboxylic acid groups (broad SMARTS) is 1. The molecule has 1 atom stereocenters. The molecule has 0 aromatic heterocycles. The molecule has 1 heterocycles. The second kappa shape index (κ2) is 5.96. The SMILES string of the molecule is O=C(O)C1CC12CCN(C(=O)c1ccc(NC3CC3)c([N+](=O)[O-])c1)CC2. The van der Waals surface area contributed by atoms with Gasteiger partial charge in [0.2, 0.25) is 0 Å². The quantitative estimate of drug-likeness (QED) is 0.617. The summed E-state index contributed by atoms with van der Waals surface area (Å²) in [6.45, 7) is 0.997. The van der Waals surface area contributed by atoms with Gasteiger partial charge in [0.25, 0.3) is 11.6 Å². The van der Waals surface area contributed by atoms with Gasteiger partial charge < -0.3 is 15.3 Å². The number of benzene rings is 1. The smallest absolute Gasteiger partial charge is 0.307 e. The van der Waals surface area contributed by atoms with Crippen molar-refractivity contribution in [3.05, 3.63) is 33.9 Å². The summed E-state index contributed by atoms with van der Waals surface area (Å²) < 4.78 is 0. The number of anilines is 1. The Kier molecular flexibility index (Phi) is 3.86. The average Bonchev–Trinajstić information content (AvgIpc) is 3.53. The zero-order chi connectivity index (χ0) is 18.5. The highest BCUT2D eigenvalue weighted by molar-refractivity contribution is 5.96. The summed E-state index contributed by atoms with van der Waals surface area (Å²) in [5.41, 5.74) is 0.532. The minimum atomic E-state index is -0.751. The molecule has 2 N–H and O–H groups in total. The Balaban J connectivity index is 1.46. The molecule has 1 aromatic rings. The molecule has 1 saturated heterocycles. The first kappa shape index (κ1) is 16.8. The summed E-state index contributed by atoms with van der Waals surface area (Å²) in [6.07, 6.45) is 4.06. The molecule has 0 radical (unpaired) electrons. The monoisotopic (exact) mass is 359 g/mol. The molecule has 2 aliphatic carbocycles. The highest BCUT2D eigenvalue weighted by Gasteiger charge is 2.59. The van der Waals surface area contributed by atoms with Gasteiger partial charge in [-0.3, -0.25) is 19.7 Å². The van der Waals surface area contributed by atoms with Crippen LogP contribution in [0, 0.1) is 21.4 Å². The molecule has 2 saturated carbocycles. The maximum atomic E-state index is 12.7. The highest BCUT2D eigenvalue weighted by atomic mass is 16.6. The Labute approximate surface area is 150 Å². The van der Waals surface area contributed by atoms with Crippen molar-refractivity contribution < 1.29 is 19.6 Å². The Morgan fingerprint density at radius 3 is 2.50 bits per heavy atom. The molecule has 3 aliphatic rings. The number of hydrogen-bond donors (Lipinski definition) is 2. The van der Waals surface area contributed by atoms with Crippen LogP contribution in [0.4, 0.5) is 11.4 Å². The third-order valence-electron chi connectivity index (χ3n) is 5.91. The summed E-state index contributed by atoms with van der Waals surface area (Å²) in [5, 5.41) is 23.6. The molecule has 8 nitrogen and oxygen atoms in total. The van der Waals surface area contributed by atoms with Crippen LogP contribution in [-0.4, -0.2) is 45.9 Å². The summed E-state index contributed by atoms with van der Waals surface area (Å²) in [4.78, 5) is 36.4. The number of nitrogens with zero attached hydrogens (tertiary/aromatic N) is 2. The third kappa shape index (κ3) is 3.00. The van der Waals surface area contributed by atoms with Crippen LogP contribution in [0.3, 0.4) is 0 Å².